The number of aromatic amines is 1. The second-order valence-electron chi connectivity index (χ2n) is 6.50. The van der Waals surface area contributed by atoms with E-state index in [1.54, 1.807) is 18.3 Å². The van der Waals surface area contributed by atoms with Crippen molar-refractivity contribution >= 4 is 11.8 Å². The maximum Gasteiger partial charge on any atom is 0.268 e. The Bertz CT molecular complexity index is 745. The molecule has 3 heterocycles. The van der Waals surface area contributed by atoms with E-state index in [9.17, 15) is 9.59 Å². The topological polar surface area (TPSA) is 83.0 Å². The van der Waals surface area contributed by atoms with Crippen LogP contribution in [0.3, 0.4) is 0 Å². The minimum absolute atomic E-state index is 0.146. The summed E-state index contributed by atoms with van der Waals surface area (Å²) in [4.78, 5) is 29.2. The molecule has 2 N–H and O–H groups in total. The Kier molecular flexibility index (Phi) is 3.84. The Morgan fingerprint density at radius 3 is 2.92 bits per heavy atom. The average molecular weight is 327 g/mol. The van der Waals surface area contributed by atoms with Crippen molar-refractivity contribution < 1.29 is 9.59 Å². The summed E-state index contributed by atoms with van der Waals surface area (Å²) in [5, 5.41) is 7.39. The number of amides is 2. The predicted octanol–water partition coefficient (Wildman–Crippen LogP) is 1.28. The zero-order chi connectivity index (χ0) is 16.5. The van der Waals surface area contributed by atoms with Crippen molar-refractivity contribution in [2.75, 3.05) is 6.54 Å². The van der Waals surface area contributed by atoms with E-state index in [0.717, 1.165) is 37.3 Å². The first-order chi connectivity index (χ1) is 11.7. The van der Waals surface area contributed by atoms with Crippen LogP contribution < -0.4 is 5.32 Å². The zero-order valence-electron chi connectivity index (χ0n) is 13.5. The molecule has 0 saturated heterocycles. The van der Waals surface area contributed by atoms with Crippen LogP contribution in [0.1, 0.15) is 41.1 Å². The van der Waals surface area contributed by atoms with E-state index in [-0.39, 0.29) is 17.7 Å². The molecule has 1 fully saturated rings. The minimum atomic E-state index is -0.146. The summed E-state index contributed by atoms with van der Waals surface area (Å²) in [6.45, 7) is 2.44. The largest absolute Gasteiger partial charge is 0.357 e. The van der Waals surface area contributed by atoms with Gasteiger partial charge in [0, 0.05) is 18.7 Å². The number of fused-ring (bicyclic) bond motifs is 1. The summed E-state index contributed by atoms with van der Waals surface area (Å²) >= 11 is 0. The molecule has 0 unspecified atom stereocenters. The number of nitrogens with one attached hydrogen (secondary N) is 2. The van der Waals surface area contributed by atoms with E-state index >= 15 is 0 Å². The molecule has 4 rings (SSSR count). The lowest BCUT2D eigenvalue weighted by molar-refractivity contribution is -0.139. The maximum atomic E-state index is 12.4. The molecule has 2 aromatic rings. The van der Waals surface area contributed by atoms with E-state index in [0.29, 0.717) is 18.8 Å². The van der Waals surface area contributed by atoms with E-state index < -0.39 is 0 Å². The molecule has 0 aromatic carbocycles. The molecular weight excluding hydrogens is 306 g/mol. The van der Waals surface area contributed by atoms with Crippen molar-refractivity contribution in [1.82, 2.24) is 25.0 Å². The number of carbonyl (C=O) groups is 2. The second kappa shape index (κ2) is 6.14. The first-order valence-electron chi connectivity index (χ1n) is 8.46. The Morgan fingerprint density at radius 1 is 1.33 bits per heavy atom. The molecule has 0 atom stereocenters. The van der Waals surface area contributed by atoms with Gasteiger partial charge in [-0.2, -0.15) is 5.10 Å². The van der Waals surface area contributed by atoms with E-state index in [1.807, 2.05) is 15.6 Å². The molecule has 7 heteroatoms. The molecule has 1 saturated carbocycles. The third-order valence-electron chi connectivity index (χ3n) is 4.89. The average Bonchev–Trinajstić information content (AvgIpc) is 3.19. The molecule has 1 aliphatic carbocycles. The lowest BCUT2D eigenvalue weighted by Crippen LogP contribution is -2.43. The van der Waals surface area contributed by atoms with Gasteiger partial charge in [-0.1, -0.05) is 6.42 Å². The smallest absolute Gasteiger partial charge is 0.268 e. The highest BCUT2D eigenvalue weighted by atomic mass is 16.2. The fraction of sp³-hybridized carbons (Fsp3) is 0.471. The Balaban J connectivity index is 1.37. The van der Waals surface area contributed by atoms with Gasteiger partial charge in [-0.05, 0) is 31.0 Å². The highest BCUT2D eigenvalue weighted by Crippen LogP contribution is 2.29. The fourth-order valence-corrected chi connectivity index (χ4v) is 3.25. The molecule has 126 valence electrons. The minimum Gasteiger partial charge on any atom is -0.357 e. The van der Waals surface area contributed by atoms with Crippen LogP contribution in [0, 0.1) is 5.92 Å². The molecule has 0 bridgehead atoms. The molecule has 24 heavy (non-hydrogen) atoms. The number of hydrogen-bond donors (Lipinski definition) is 2. The third-order valence-corrected chi connectivity index (χ3v) is 4.89. The standard InChI is InChI=1S/C17H21N5O2/c23-16(15-5-2-6-18-15)19-10-13-9-14-11-21(7-8-22(14)20-13)17(24)12-3-1-4-12/h2,5-6,9,12,18H,1,3-4,7-8,10-11H2,(H,19,23). The molecule has 2 aliphatic rings. The number of carbonyl (C=O) groups excluding carboxylic acids is 2. The summed E-state index contributed by atoms with van der Waals surface area (Å²) in [5.74, 6) is 0.377. The lowest BCUT2D eigenvalue weighted by Gasteiger charge is -2.34. The van der Waals surface area contributed by atoms with Gasteiger partial charge in [0.2, 0.25) is 5.91 Å². The SMILES string of the molecule is O=C(NCc1cc2n(n1)CCN(C(=O)C1CCC1)C2)c1ccc[nH]1. The highest BCUT2D eigenvalue weighted by molar-refractivity contribution is 5.92. The Hall–Kier alpha value is -2.57. The summed E-state index contributed by atoms with van der Waals surface area (Å²) < 4.78 is 1.95. The monoisotopic (exact) mass is 327 g/mol. The van der Waals surface area contributed by atoms with Gasteiger partial charge in [0.05, 0.1) is 31.0 Å². The predicted molar refractivity (Wildman–Crippen MR) is 86.9 cm³/mol. The molecule has 7 nitrogen and oxygen atoms in total. The van der Waals surface area contributed by atoms with Crippen LogP contribution in [-0.2, 0) is 24.4 Å². The normalized spacial score (nSPS) is 17.2. The van der Waals surface area contributed by atoms with E-state index in [1.165, 1.54) is 6.42 Å². The second-order valence-corrected chi connectivity index (χ2v) is 6.50. The summed E-state index contributed by atoms with van der Waals surface area (Å²) in [6.07, 6.45) is 4.96. The molecule has 0 spiro atoms. The van der Waals surface area contributed by atoms with E-state index in [2.05, 4.69) is 15.4 Å². The first-order valence-corrected chi connectivity index (χ1v) is 8.46. The van der Waals surface area contributed by atoms with Gasteiger partial charge in [-0.3, -0.25) is 14.3 Å². The van der Waals surface area contributed by atoms with Gasteiger partial charge < -0.3 is 15.2 Å². The Morgan fingerprint density at radius 2 is 2.21 bits per heavy atom. The number of hydrogen-bond acceptors (Lipinski definition) is 3. The summed E-state index contributed by atoms with van der Waals surface area (Å²) in [7, 11) is 0. The van der Waals surface area contributed by atoms with Crippen molar-refractivity contribution in [2.45, 2.75) is 38.9 Å². The van der Waals surface area contributed by atoms with Gasteiger partial charge in [-0.25, -0.2) is 0 Å². The van der Waals surface area contributed by atoms with Crippen LogP contribution in [0.15, 0.2) is 24.4 Å². The van der Waals surface area contributed by atoms with Crippen molar-refractivity contribution in [3.05, 3.63) is 41.5 Å². The molecule has 1 aliphatic heterocycles. The van der Waals surface area contributed by atoms with Crippen molar-refractivity contribution in [2.24, 2.45) is 5.92 Å². The van der Waals surface area contributed by atoms with E-state index in [4.69, 9.17) is 0 Å². The zero-order valence-corrected chi connectivity index (χ0v) is 13.5. The van der Waals surface area contributed by atoms with Gasteiger partial charge in [0.25, 0.3) is 5.91 Å². The van der Waals surface area contributed by atoms with Crippen molar-refractivity contribution in [3.63, 3.8) is 0 Å². The van der Waals surface area contributed by atoms with Crippen LogP contribution in [0.25, 0.3) is 0 Å². The first kappa shape index (κ1) is 15.0. The third kappa shape index (κ3) is 2.81. The lowest BCUT2D eigenvalue weighted by atomic mass is 9.84. The summed E-state index contributed by atoms with van der Waals surface area (Å²) in [6, 6.07) is 5.50. The van der Waals surface area contributed by atoms with Crippen LogP contribution in [0.5, 0.6) is 0 Å². The number of H-pyrrole nitrogens is 1. The maximum absolute atomic E-state index is 12.4. The van der Waals surface area contributed by atoms with Gasteiger partial charge in [0.15, 0.2) is 0 Å². The molecule has 2 aromatic heterocycles. The van der Waals surface area contributed by atoms with Crippen LogP contribution in [-0.4, -0.2) is 38.0 Å². The number of aromatic nitrogens is 3. The van der Waals surface area contributed by atoms with Crippen LogP contribution in [0.2, 0.25) is 0 Å². The molecule has 0 radical (unpaired) electrons. The molecular formula is C17H21N5O2. The van der Waals surface area contributed by atoms with Gasteiger partial charge >= 0.3 is 0 Å². The van der Waals surface area contributed by atoms with Gasteiger partial charge in [-0.15, -0.1) is 0 Å². The van der Waals surface area contributed by atoms with Gasteiger partial charge in [0.1, 0.15) is 5.69 Å². The number of nitrogens with zero attached hydrogens (tertiary/aromatic N) is 3. The van der Waals surface area contributed by atoms with Crippen molar-refractivity contribution in [1.29, 1.82) is 0 Å². The highest BCUT2D eigenvalue weighted by Gasteiger charge is 2.31. The Labute approximate surface area is 140 Å². The quantitative estimate of drug-likeness (QED) is 0.887. The van der Waals surface area contributed by atoms with Crippen molar-refractivity contribution in [3.8, 4) is 0 Å². The molecule has 2 amide bonds. The number of rotatable bonds is 4. The fourth-order valence-electron chi connectivity index (χ4n) is 3.25. The summed E-state index contributed by atoms with van der Waals surface area (Å²) in [5.41, 5.74) is 2.40. The van der Waals surface area contributed by atoms with Crippen LogP contribution >= 0.6 is 0 Å². The van der Waals surface area contributed by atoms with Crippen LogP contribution in [0.4, 0.5) is 0 Å².